The number of halogens is 3. The molecule has 1 unspecified atom stereocenters. The van der Waals surface area contributed by atoms with Gasteiger partial charge >= 0.3 is 12.3 Å². The Bertz CT molecular complexity index is 1660. The monoisotopic (exact) mass is 521 g/mol. The molecule has 0 bridgehead atoms. The van der Waals surface area contributed by atoms with E-state index in [4.69, 9.17) is 4.52 Å². The van der Waals surface area contributed by atoms with Crippen LogP contribution in [-0.4, -0.2) is 42.5 Å². The first-order chi connectivity index (χ1) is 18.2. The molecule has 2 aromatic carbocycles. The smallest absolute Gasteiger partial charge is 0.481 e. The predicted octanol–water partition coefficient (Wildman–Crippen LogP) is 5.75. The lowest BCUT2D eigenvalue weighted by atomic mass is 10.0. The molecule has 6 rings (SSSR count). The van der Waals surface area contributed by atoms with E-state index in [0.29, 0.717) is 16.7 Å². The van der Waals surface area contributed by atoms with Crippen LogP contribution in [-0.2, 0) is 11.2 Å². The third-order valence-electron chi connectivity index (χ3n) is 6.48. The lowest BCUT2D eigenvalue weighted by Gasteiger charge is -2.11. The fourth-order valence-corrected chi connectivity index (χ4v) is 4.89. The van der Waals surface area contributed by atoms with E-state index < -0.39 is 18.1 Å². The summed E-state index contributed by atoms with van der Waals surface area (Å²) in [5.74, 6) is -1.09. The van der Waals surface area contributed by atoms with Crippen LogP contribution in [0.25, 0.3) is 44.9 Å². The summed E-state index contributed by atoms with van der Waals surface area (Å²) < 4.78 is 48.5. The van der Waals surface area contributed by atoms with Gasteiger partial charge in [-0.05, 0) is 60.4 Å². The van der Waals surface area contributed by atoms with Crippen LogP contribution in [0.4, 0.5) is 13.2 Å². The Morgan fingerprint density at radius 3 is 2.63 bits per heavy atom. The van der Waals surface area contributed by atoms with Gasteiger partial charge in [-0.3, -0.25) is 4.79 Å². The maximum absolute atomic E-state index is 13.0. The molecule has 0 amide bonds. The Labute approximate surface area is 212 Å². The Balaban J connectivity index is 1.36. The third-order valence-corrected chi connectivity index (χ3v) is 6.48. The molecule has 0 aliphatic heterocycles. The Kier molecular flexibility index (Phi) is 5.59. The second kappa shape index (κ2) is 8.98. The largest absolute Gasteiger partial charge is 0.573 e. The van der Waals surface area contributed by atoms with Gasteiger partial charge in [0.05, 0.1) is 6.42 Å². The number of aromatic amines is 1. The van der Waals surface area contributed by atoms with E-state index in [0.717, 1.165) is 35.0 Å². The van der Waals surface area contributed by atoms with Crippen LogP contribution in [0.2, 0.25) is 0 Å². The van der Waals surface area contributed by atoms with Crippen LogP contribution in [0.5, 0.6) is 5.75 Å². The normalized spacial score (nSPS) is 15.1. The van der Waals surface area contributed by atoms with Crippen molar-refractivity contribution in [1.82, 2.24) is 25.1 Å². The number of aliphatic carboxylic acids is 1. The van der Waals surface area contributed by atoms with Crippen molar-refractivity contribution in [3.63, 3.8) is 0 Å². The van der Waals surface area contributed by atoms with Gasteiger partial charge in [0.2, 0.25) is 5.82 Å². The molecule has 192 valence electrons. The molecule has 1 aliphatic carbocycles. The van der Waals surface area contributed by atoms with Crippen molar-refractivity contribution in [3.8, 4) is 39.7 Å². The molecule has 3 aromatic heterocycles. The van der Waals surface area contributed by atoms with Gasteiger partial charge in [-0.2, -0.15) is 4.98 Å². The topological polar surface area (TPSA) is 127 Å². The Morgan fingerprint density at radius 2 is 1.87 bits per heavy atom. The lowest BCUT2D eigenvalue weighted by molar-refractivity contribution is -0.274. The van der Waals surface area contributed by atoms with Crippen molar-refractivity contribution in [2.24, 2.45) is 0 Å². The first kappa shape index (κ1) is 23.6. The Morgan fingerprint density at radius 1 is 1.08 bits per heavy atom. The number of benzene rings is 2. The summed E-state index contributed by atoms with van der Waals surface area (Å²) in [6.07, 6.45) is 0.932. The van der Waals surface area contributed by atoms with Gasteiger partial charge in [-0.25, -0.2) is 9.97 Å². The number of rotatable bonds is 6. The molecule has 1 atom stereocenters. The van der Waals surface area contributed by atoms with Gasteiger partial charge in [0.15, 0.2) is 0 Å². The lowest BCUT2D eigenvalue weighted by Crippen LogP contribution is -2.17. The number of carboxylic acid groups (broad SMARTS) is 1. The molecular weight excluding hydrogens is 503 g/mol. The van der Waals surface area contributed by atoms with Crippen LogP contribution in [0.3, 0.4) is 0 Å². The maximum atomic E-state index is 13.0. The highest BCUT2D eigenvalue weighted by Crippen LogP contribution is 2.40. The molecule has 1 aliphatic rings. The molecule has 9 nitrogen and oxygen atoms in total. The number of hydrogen-bond donors (Lipinski definition) is 2. The van der Waals surface area contributed by atoms with E-state index in [2.05, 4.69) is 29.8 Å². The van der Waals surface area contributed by atoms with Crippen molar-refractivity contribution in [2.45, 2.75) is 31.5 Å². The highest BCUT2D eigenvalue weighted by Gasteiger charge is 2.32. The van der Waals surface area contributed by atoms with E-state index in [1.807, 2.05) is 12.1 Å². The first-order valence-electron chi connectivity index (χ1n) is 11.6. The van der Waals surface area contributed by atoms with Gasteiger partial charge < -0.3 is 19.4 Å². The van der Waals surface area contributed by atoms with Crippen LogP contribution < -0.4 is 4.74 Å². The van der Waals surface area contributed by atoms with Gasteiger partial charge in [0, 0.05) is 51.6 Å². The number of carbonyl (C=O) groups is 1. The molecule has 0 saturated heterocycles. The molecule has 2 N–H and O–H groups in total. The zero-order chi connectivity index (χ0) is 26.4. The SMILES string of the molecule is O=C(O)CC1CCc2c1[nH]c1ccc(-c3noc(-c4cc(OC(F)(F)F)cc(-c5cncnc5)c4)n3)cc21. The zero-order valence-electron chi connectivity index (χ0n) is 19.5. The summed E-state index contributed by atoms with van der Waals surface area (Å²) in [7, 11) is 0. The third kappa shape index (κ3) is 4.56. The van der Waals surface area contributed by atoms with E-state index >= 15 is 0 Å². The minimum absolute atomic E-state index is 0.00615. The molecule has 0 fully saturated rings. The summed E-state index contributed by atoms with van der Waals surface area (Å²) in [5.41, 5.74) is 4.62. The number of fused-ring (bicyclic) bond motifs is 3. The first-order valence-corrected chi connectivity index (χ1v) is 11.6. The summed E-state index contributed by atoms with van der Waals surface area (Å²) in [6, 6.07) is 9.54. The molecular formula is C26H18F3N5O4. The van der Waals surface area contributed by atoms with Crippen molar-refractivity contribution in [3.05, 3.63) is 66.4 Å². The molecule has 0 spiro atoms. The number of nitrogens with one attached hydrogen (secondary N) is 1. The van der Waals surface area contributed by atoms with Crippen molar-refractivity contribution >= 4 is 16.9 Å². The average Bonchev–Trinajstić information content (AvgIpc) is 3.59. The number of aromatic nitrogens is 5. The van der Waals surface area contributed by atoms with Gasteiger partial charge in [0.25, 0.3) is 5.89 Å². The average molecular weight is 521 g/mol. The molecule has 0 radical (unpaired) electrons. The number of nitrogens with zero attached hydrogens (tertiary/aromatic N) is 4. The number of carboxylic acids is 1. The second-order valence-corrected chi connectivity index (χ2v) is 8.96. The van der Waals surface area contributed by atoms with Crippen LogP contribution >= 0.6 is 0 Å². The molecule has 3 heterocycles. The van der Waals surface area contributed by atoms with Gasteiger partial charge in [0.1, 0.15) is 12.1 Å². The quantitative estimate of drug-likeness (QED) is 0.289. The number of aryl methyl sites for hydroxylation is 1. The summed E-state index contributed by atoms with van der Waals surface area (Å²) in [6.45, 7) is 0. The molecule has 0 saturated carbocycles. The predicted molar refractivity (Wildman–Crippen MR) is 128 cm³/mol. The minimum Gasteiger partial charge on any atom is -0.481 e. The van der Waals surface area contributed by atoms with Crippen molar-refractivity contribution < 1.29 is 32.3 Å². The highest BCUT2D eigenvalue weighted by atomic mass is 19.4. The minimum atomic E-state index is -4.89. The maximum Gasteiger partial charge on any atom is 0.573 e. The van der Waals surface area contributed by atoms with Crippen molar-refractivity contribution in [1.29, 1.82) is 0 Å². The molecule has 5 aromatic rings. The number of ether oxygens (including phenoxy) is 1. The van der Waals surface area contributed by atoms with E-state index in [1.54, 1.807) is 12.1 Å². The molecule has 12 heteroatoms. The number of hydrogen-bond acceptors (Lipinski definition) is 7. The summed E-state index contributed by atoms with van der Waals surface area (Å²) in [4.78, 5) is 26.8. The standard InChI is InChI=1S/C26H18F3N5O4/c27-26(28,29)37-18-6-15(17-10-30-12-31-11-17)5-16(7-18)25-33-24(34-38-25)14-2-4-21-20(8-14)19-3-1-13(9-22(35)36)23(19)32-21/h2,4-8,10-13,32H,1,3,9H2,(H,35,36). The van der Waals surface area contributed by atoms with Crippen LogP contribution in [0.15, 0.2) is 59.6 Å². The summed E-state index contributed by atoms with van der Waals surface area (Å²) in [5, 5.41) is 14.2. The van der Waals surface area contributed by atoms with E-state index in [-0.39, 0.29) is 29.6 Å². The second-order valence-electron chi connectivity index (χ2n) is 8.96. The molecule has 38 heavy (non-hydrogen) atoms. The summed E-state index contributed by atoms with van der Waals surface area (Å²) >= 11 is 0. The number of H-pyrrole nitrogens is 1. The number of alkyl halides is 3. The van der Waals surface area contributed by atoms with E-state index in [9.17, 15) is 23.1 Å². The fraction of sp³-hybridized carbons (Fsp3) is 0.192. The van der Waals surface area contributed by atoms with Crippen LogP contribution in [0.1, 0.15) is 30.0 Å². The van der Waals surface area contributed by atoms with Gasteiger partial charge in [-0.1, -0.05) is 5.16 Å². The zero-order valence-corrected chi connectivity index (χ0v) is 19.5. The fourth-order valence-electron chi connectivity index (χ4n) is 4.89. The van der Waals surface area contributed by atoms with E-state index in [1.165, 1.54) is 30.9 Å². The Hall–Kier alpha value is -4.74. The van der Waals surface area contributed by atoms with Gasteiger partial charge in [-0.15, -0.1) is 13.2 Å². The highest BCUT2D eigenvalue weighted by molar-refractivity contribution is 5.89. The van der Waals surface area contributed by atoms with Crippen molar-refractivity contribution in [2.75, 3.05) is 0 Å². The van der Waals surface area contributed by atoms with Crippen LogP contribution in [0, 0.1) is 0 Å².